The number of aromatic nitrogens is 4. The maximum absolute atomic E-state index is 9.27. The van der Waals surface area contributed by atoms with Crippen LogP contribution in [0, 0.1) is 27.7 Å². The van der Waals surface area contributed by atoms with E-state index in [9.17, 15) is 5.11 Å². The molecule has 0 radical (unpaired) electrons. The number of nitrogens with zero attached hydrogens (tertiary/aromatic N) is 6. The van der Waals surface area contributed by atoms with Crippen LogP contribution in [0.3, 0.4) is 0 Å². The topological polar surface area (TPSA) is 126 Å². The minimum atomic E-state index is -0.908. The minimum Gasteiger partial charge on any atom is -0.395 e. The van der Waals surface area contributed by atoms with Gasteiger partial charge in [-0.2, -0.15) is 0 Å². The lowest BCUT2D eigenvalue weighted by atomic mass is 10.0. The Morgan fingerprint density at radius 2 is 1.55 bits per heavy atom. The molecule has 2 aliphatic heterocycles. The summed E-state index contributed by atoms with van der Waals surface area (Å²) in [6.07, 6.45) is 1.57. The van der Waals surface area contributed by atoms with Crippen molar-refractivity contribution in [3.63, 3.8) is 0 Å². The lowest BCUT2D eigenvalue weighted by molar-refractivity contribution is 0.188. The molecule has 0 unspecified atom stereocenters. The van der Waals surface area contributed by atoms with Crippen LogP contribution in [0.1, 0.15) is 28.2 Å². The number of anilines is 6. The van der Waals surface area contributed by atoms with Gasteiger partial charge in [-0.15, -0.1) is 0 Å². The summed E-state index contributed by atoms with van der Waals surface area (Å²) < 4.78 is 0. The Balaban J connectivity index is 1.29. The average Bonchev–Trinajstić information content (AvgIpc) is 3.35. The summed E-state index contributed by atoms with van der Waals surface area (Å²) in [5.41, 5.74) is 7.25. The molecule has 218 valence electrons. The van der Waals surface area contributed by atoms with Crippen LogP contribution in [0.5, 0.6) is 0 Å². The Kier molecular flexibility index (Phi) is 7.53. The van der Waals surface area contributed by atoms with Crippen molar-refractivity contribution in [1.82, 2.24) is 24.8 Å². The van der Waals surface area contributed by atoms with Gasteiger partial charge in [-0.3, -0.25) is 4.90 Å². The van der Waals surface area contributed by atoms with Crippen LogP contribution in [0.4, 0.5) is 34.5 Å². The molecular formula is C31H38N10O. The number of β-amino-alcohol motifs (C(OH)–C–C–N with tert-alkyl or cyclic N) is 1. The standard InChI is InChI=1S/C31H38N10O/c1-20-15-21(2)30(22(3)16-20)39-31(37-24-7-5-6-8-25(24)38-31)26-17-27(33-19-32-26)36-28-18-29(35-23(4)34-28)41-11-9-40(10-12-41)13-14-42/h5-8,15-19,37-39,42H,9-14H2,1-4H3,(H,32,33,34,35,36). The minimum absolute atomic E-state index is 0.180. The first-order chi connectivity index (χ1) is 20.3. The molecule has 2 aromatic heterocycles. The van der Waals surface area contributed by atoms with E-state index < -0.39 is 5.79 Å². The SMILES string of the molecule is Cc1cc(C)c(NC2(c3cc(Nc4cc(N5CCN(CCO)CC5)nc(C)n4)ncn3)Nc3ccccc3N2)c(C)c1. The first kappa shape index (κ1) is 27.7. The number of aliphatic hydroxyl groups is 1. The number of fused-ring (bicyclic) bond motifs is 1. The van der Waals surface area contributed by atoms with E-state index in [1.54, 1.807) is 6.33 Å². The highest BCUT2D eigenvalue weighted by Gasteiger charge is 2.40. The van der Waals surface area contributed by atoms with Crippen molar-refractivity contribution in [2.24, 2.45) is 0 Å². The van der Waals surface area contributed by atoms with Gasteiger partial charge in [-0.25, -0.2) is 19.9 Å². The van der Waals surface area contributed by atoms with Crippen LogP contribution in [-0.2, 0) is 5.79 Å². The lowest BCUT2D eigenvalue weighted by Gasteiger charge is -2.35. The maximum atomic E-state index is 9.27. The quantitative estimate of drug-likeness (QED) is 0.211. The van der Waals surface area contributed by atoms with Crippen molar-refractivity contribution >= 4 is 34.5 Å². The van der Waals surface area contributed by atoms with E-state index in [4.69, 9.17) is 9.97 Å². The van der Waals surface area contributed by atoms with E-state index in [0.29, 0.717) is 24.0 Å². The van der Waals surface area contributed by atoms with E-state index in [2.05, 4.69) is 86.1 Å². The third-order valence-electron chi connectivity index (χ3n) is 7.81. The van der Waals surface area contributed by atoms with Gasteiger partial charge in [0.15, 0.2) is 0 Å². The lowest BCUT2D eigenvalue weighted by Crippen LogP contribution is -2.47. The molecule has 0 atom stereocenters. The molecule has 2 aliphatic rings. The molecule has 5 N–H and O–H groups in total. The molecule has 4 aromatic rings. The molecule has 0 bridgehead atoms. The highest BCUT2D eigenvalue weighted by Crippen LogP contribution is 2.41. The largest absolute Gasteiger partial charge is 0.395 e. The number of aryl methyl sites for hydroxylation is 4. The van der Waals surface area contributed by atoms with E-state index in [-0.39, 0.29) is 6.61 Å². The Labute approximate surface area is 246 Å². The summed E-state index contributed by atoms with van der Waals surface area (Å²) in [6, 6.07) is 16.4. The first-order valence-electron chi connectivity index (χ1n) is 14.4. The highest BCUT2D eigenvalue weighted by atomic mass is 16.3. The molecule has 42 heavy (non-hydrogen) atoms. The van der Waals surface area contributed by atoms with Gasteiger partial charge in [0.2, 0.25) is 5.79 Å². The highest BCUT2D eigenvalue weighted by molar-refractivity contribution is 5.79. The van der Waals surface area contributed by atoms with E-state index in [1.165, 1.54) is 5.56 Å². The van der Waals surface area contributed by atoms with Crippen molar-refractivity contribution in [2.75, 3.05) is 65.5 Å². The summed E-state index contributed by atoms with van der Waals surface area (Å²) in [7, 11) is 0. The predicted molar refractivity (Wildman–Crippen MR) is 167 cm³/mol. The van der Waals surface area contributed by atoms with Gasteiger partial charge < -0.3 is 31.3 Å². The number of benzene rings is 2. The van der Waals surface area contributed by atoms with Gasteiger partial charge in [0, 0.05) is 50.5 Å². The Bertz CT molecular complexity index is 1540. The van der Waals surface area contributed by atoms with Crippen LogP contribution < -0.4 is 26.2 Å². The van der Waals surface area contributed by atoms with Crippen LogP contribution >= 0.6 is 0 Å². The van der Waals surface area contributed by atoms with Crippen LogP contribution in [-0.4, -0.2) is 69.3 Å². The third kappa shape index (κ3) is 5.65. The smallest absolute Gasteiger partial charge is 0.230 e. The zero-order valence-electron chi connectivity index (χ0n) is 24.6. The van der Waals surface area contributed by atoms with Gasteiger partial charge in [0.25, 0.3) is 0 Å². The number of para-hydroxylation sites is 2. The van der Waals surface area contributed by atoms with E-state index >= 15 is 0 Å². The van der Waals surface area contributed by atoms with Gasteiger partial charge in [-0.05, 0) is 51.0 Å². The van der Waals surface area contributed by atoms with Gasteiger partial charge in [0.1, 0.15) is 35.3 Å². The summed E-state index contributed by atoms with van der Waals surface area (Å²) >= 11 is 0. The molecule has 1 saturated heterocycles. The van der Waals surface area contributed by atoms with Crippen molar-refractivity contribution in [3.8, 4) is 0 Å². The normalized spacial score (nSPS) is 16.0. The zero-order valence-corrected chi connectivity index (χ0v) is 24.6. The van der Waals surface area contributed by atoms with Crippen LogP contribution in [0.15, 0.2) is 54.9 Å². The fourth-order valence-corrected chi connectivity index (χ4v) is 5.84. The van der Waals surface area contributed by atoms with Crippen LogP contribution in [0.2, 0.25) is 0 Å². The second kappa shape index (κ2) is 11.4. The summed E-state index contributed by atoms with van der Waals surface area (Å²) in [5.74, 6) is 1.94. The second-order valence-corrected chi connectivity index (χ2v) is 11.1. The molecule has 1 fully saturated rings. The van der Waals surface area contributed by atoms with Gasteiger partial charge in [0.05, 0.1) is 18.0 Å². The number of rotatable bonds is 8. The number of hydrogen-bond donors (Lipinski definition) is 5. The molecule has 0 aliphatic carbocycles. The van der Waals surface area contributed by atoms with E-state index in [1.807, 2.05) is 31.2 Å². The molecule has 6 rings (SSSR count). The summed E-state index contributed by atoms with van der Waals surface area (Å²) in [4.78, 5) is 23.1. The molecule has 0 spiro atoms. The first-order valence-corrected chi connectivity index (χ1v) is 14.4. The Morgan fingerprint density at radius 1 is 0.857 bits per heavy atom. The van der Waals surface area contributed by atoms with Gasteiger partial charge in [-0.1, -0.05) is 29.8 Å². The summed E-state index contributed by atoms with van der Waals surface area (Å²) in [6.45, 7) is 12.6. The molecule has 2 aromatic carbocycles. The molecule has 0 amide bonds. The molecule has 11 nitrogen and oxygen atoms in total. The van der Waals surface area contributed by atoms with Gasteiger partial charge >= 0.3 is 0 Å². The average molecular weight is 567 g/mol. The molecule has 11 heteroatoms. The zero-order chi connectivity index (χ0) is 29.3. The van der Waals surface area contributed by atoms with Crippen molar-refractivity contribution < 1.29 is 5.11 Å². The van der Waals surface area contributed by atoms with Crippen LogP contribution in [0.25, 0.3) is 0 Å². The molecular weight excluding hydrogens is 528 g/mol. The third-order valence-corrected chi connectivity index (χ3v) is 7.81. The number of hydrogen-bond acceptors (Lipinski definition) is 11. The molecule has 4 heterocycles. The summed E-state index contributed by atoms with van der Waals surface area (Å²) in [5, 5.41) is 23.7. The monoisotopic (exact) mass is 566 g/mol. The van der Waals surface area contributed by atoms with Crippen molar-refractivity contribution in [1.29, 1.82) is 0 Å². The fraction of sp³-hybridized carbons (Fsp3) is 0.355. The fourth-order valence-electron chi connectivity index (χ4n) is 5.84. The van der Waals surface area contributed by atoms with Crippen molar-refractivity contribution in [3.05, 3.63) is 83.1 Å². The van der Waals surface area contributed by atoms with E-state index in [0.717, 1.165) is 65.9 Å². The Morgan fingerprint density at radius 3 is 2.21 bits per heavy atom. The van der Waals surface area contributed by atoms with Crippen molar-refractivity contribution in [2.45, 2.75) is 33.5 Å². The predicted octanol–water partition coefficient (Wildman–Crippen LogP) is 4.12. The number of nitrogens with one attached hydrogen (secondary N) is 4. The number of aliphatic hydroxyl groups excluding tert-OH is 1. The Hall–Kier alpha value is -4.48. The number of piperazine rings is 1. The second-order valence-electron chi connectivity index (χ2n) is 11.1. The maximum Gasteiger partial charge on any atom is 0.230 e. The molecule has 0 saturated carbocycles.